The molecule has 1 atom stereocenters. The first-order valence-electron chi connectivity index (χ1n) is 9.69. The van der Waals surface area contributed by atoms with Gasteiger partial charge >= 0.3 is 12.1 Å². The number of benzene rings is 2. The summed E-state index contributed by atoms with van der Waals surface area (Å²) in [5, 5.41) is 11.9. The van der Waals surface area contributed by atoms with Gasteiger partial charge in [0, 0.05) is 17.2 Å². The van der Waals surface area contributed by atoms with E-state index in [9.17, 15) is 14.7 Å². The molecule has 1 amide bonds. The summed E-state index contributed by atoms with van der Waals surface area (Å²) in [6.07, 6.45) is -0.411. The van der Waals surface area contributed by atoms with Crippen molar-refractivity contribution in [3.8, 4) is 11.1 Å². The first-order valence-corrected chi connectivity index (χ1v) is 11.3. The zero-order chi connectivity index (χ0) is 21.5. The molecule has 5 nitrogen and oxygen atoms in total. The minimum absolute atomic E-state index is 0.0627. The molecule has 1 unspecified atom stereocenters. The highest BCUT2D eigenvalue weighted by atomic mass is 35.5. The van der Waals surface area contributed by atoms with Gasteiger partial charge in [0.15, 0.2) is 0 Å². The first-order chi connectivity index (χ1) is 14.5. The number of rotatable bonds is 9. The number of amides is 1. The molecule has 0 aliphatic heterocycles. The lowest BCUT2D eigenvalue weighted by atomic mass is 9.98. The monoisotopic (exact) mass is 445 g/mol. The van der Waals surface area contributed by atoms with Crippen LogP contribution in [0.5, 0.6) is 0 Å². The van der Waals surface area contributed by atoms with Crippen LogP contribution in [0.15, 0.2) is 59.6 Å². The molecule has 0 spiro atoms. The van der Waals surface area contributed by atoms with E-state index in [1.807, 2.05) is 43.3 Å². The molecular formula is C23H24ClNO4S. The SMILES string of the molecule is C/C(=C/Cl)CSCCC(NC(=O)OCC1c2ccccc2-c2ccccc21)C(=O)O. The van der Waals surface area contributed by atoms with Crippen LogP contribution in [0, 0.1) is 0 Å². The summed E-state index contributed by atoms with van der Waals surface area (Å²) in [7, 11) is 0. The van der Waals surface area contributed by atoms with Crippen LogP contribution >= 0.6 is 23.4 Å². The van der Waals surface area contributed by atoms with Crippen molar-refractivity contribution in [2.75, 3.05) is 18.1 Å². The highest BCUT2D eigenvalue weighted by Crippen LogP contribution is 2.44. The van der Waals surface area contributed by atoms with Crippen LogP contribution < -0.4 is 5.32 Å². The molecule has 2 aromatic carbocycles. The van der Waals surface area contributed by atoms with Crippen molar-refractivity contribution in [1.82, 2.24) is 5.32 Å². The van der Waals surface area contributed by atoms with Gasteiger partial charge < -0.3 is 15.2 Å². The molecule has 0 radical (unpaired) electrons. The van der Waals surface area contributed by atoms with Crippen molar-refractivity contribution < 1.29 is 19.4 Å². The van der Waals surface area contributed by atoms with Gasteiger partial charge in [0.05, 0.1) is 0 Å². The number of carbonyl (C=O) groups is 2. The second-order valence-electron chi connectivity index (χ2n) is 7.16. The van der Waals surface area contributed by atoms with Crippen LogP contribution in [0.3, 0.4) is 0 Å². The van der Waals surface area contributed by atoms with Crippen LogP contribution in [0.2, 0.25) is 0 Å². The van der Waals surface area contributed by atoms with Gasteiger partial charge in [-0.1, -0.05) is 65.7 Å². The lowest BCUT2D eigenvalue weighted by molar-refractivity contribution is -0.139. The quantitative estimate of drug-likeness (QED) is 0.516. The summed E-state index contributed by atoms with van der Waals surface area (Å²) >= 11 is 7.19. The Morgan fingerprint density at radius 1 is 1.17 bits per heavy atom. The highest BCUT2D eigenvalue weighted by Gasteiger charge is 2.29. The topological polar surface area (TPSA) is 75.6 Å². The van der Waals surface area contributed by atoms with E-state index in [4.69, 9.17) is 16.3 Å². The number of hydrogen-bond donors (Lipinski definition) is 2. The maximum absolute atomic E-state index is 12.3. The third kappa shape index (κ3) is 5.37. The second-order valence-corrected chi connectivity index (χ2v) is 8.48. The molecule has 30 heavy (non-hydrogen) atoms. The number of alkyl carbamates (subject to hydrolysis) is 1. The largest absolute Gasteiger partial charge is 0.480 e. The summed E-state index contributed by atoms with van der Waals surface area (Å²) in [5.74, 6) is 0.171. The molecule has 0 fully saturated rings. The van der Waals surface area contributed by atoms with E-state index in [1.165, 1.54) is 5.54 Å². The third-order valence-corrected chi connectivity index (χ3v) is 6.56. The lowest BCUT2D eigenvalue weighted by Gasteiger charge is -2.17. The second kappa shape index (κ2) is 10.5. The first kappa shape index (κ1) is 22.2. The maximum atomic E-state index is 12.3. The van der Waals surface area contributed by atoms with Crippen molar-refractivity contribution in [1.29, 1.82) is 0 Å². The molecule has 2 N–H and O–H groups in total. The van der Waals surface area contributed by atoms with E-state index in [0.29, 0.717) is 12.2 Å². The summed E-state index contributed by atoms with van der Waals surface area (Å²) in [5.41, 5.74) is 7.03. The van der Waals surface area contributed by atoms with E-state index < -0.39 is 18.1 Å². The molecule has 3 rings (SSSR count). The van der Waals surface area contributed by atoms with Gasteiger partial charge in [0.25, 0.3) is 0 Å². The Labute approximate surface area is 185 Å². The van der Waals surface area contributed by atoms with Crippen molar-refractivity contribution in [2.45, 2.75) is 25.3 Å². The smallest absolute Gasteiger partial charge is 0.407 e. The number of ether oxygens (including phenoxy) is 1. The molecule has 0 saturated carbocycles. The summed E-state index contributed by atoms with van der Waals surface area (Å²) in [4.78, 5) is 23.8. The molecule has 0 aromatic heterocycles. The Kier molecular flexibility index (Phi) is 7.82. The number of carboxylic acid groups (broad SMARTS) is 1. The summed E-state index contributed by atoms with van der Waals surface area (Å²) in [6, 6.07) is 15.1. The van der Waals surface area contributed by atoms with Crippen molar-refractivity contribution in [3.63, 3.8) is 0 Å². The van der Waals surface area contributed by atoms with Crippen molar-refractivity contribution in [3.05, 3.63) is 70.8 Å². The van der Waals surface area contributed by atoms with Gasteiger partial charge in [-0.3, -0.25) is 0 Å². The Morgan fingerprint density at radius 2 is 1.77 bits per heavy atom. The predicted molar refractivity (Wildman–Crippen MR) is 121 cm³/mol. The van der Waals surface area contributed by atoms with E-state index in [-0.39, 0.29) is 12.5 Å². The minimum Gasteiger partial charge on any atom is -0.480 e. The Bertz CT molecular complexity index is 901. The normalized spacial score (nSPS) is 14.0. The number of nitrogens with one attached hydrogen (secondary N) is 1. The van der Waals surface area contributed by atoms with Crippen LogP contribution in [0.4, 0.5) is 4.79 Å². The number of fused-ring (bicyclic) bond motifs is 3. The fraction of sp³-hybridized carbons (Fsp3) is 0.304. The van der Waals surface area contributed by atoms with E-state index in [1.54, 1.807) is 11.8 Å². The molecule has 1 aliphatic rings. The number of thioether (sulfide) groups is 1. The Balaban J connectivity index is 1.56. The molecule has 158 valence electrons. The van der Waals surface area contributed by atoms with E-state index in [2.05, 4.69) is 17.4 Å². The fourth-order valence-electron chi connectivity index (χ4n) is 3.51. The van der Waals surface area contributed by atoms with Gasteiger partial charge in [-0.2, -0.15) is 11.8 Å². The van der Waals surface area contributed by atoms with Gasteiger partial charge in [0.2, 0.25) is 0 Å². The zero-order valence-electron chi connectivity index (χ0n) is 16.6. The van der Waals surface area contributed by atoms with Gasteiger partial charge in [-0.15, -0.1) is 0 Å². The highest BCUT2D eigenvalue weighted by molar-refractivity contribution is 7.99. The Morgan fingerprint density at radius 3 is 2.33 bits per heavy atom. The molecule has 0 bridgehead atoms. The minimum atomic E-state index is -1.08. The van der Waals surface area contributed by atoms with E-state index >= 15 is 0 Å². The average molecular weight is 446 g/mol. The van der Waals surface area contributed by atoms with Gasteiger partial charge in [-0.25, -0.2) is 9.59 Å². The number of carboxylic acids is 1. The van der Waals surface area contributed by atoms with Crippen LogP contribution in [-0.4, -0.2) is 41.3 Å². The van der Waals surface area contributed by atoms with Crippen molar-refractivity contribution in [2.24, 2.45) is 0 Å². The molecule has 7 heteroatoms. The molecule has 0 saturated heterocycles. The molecule has 2 aromatic rings. The summed E-state index contributed by atoms with van der Waals surface area (Å²) < 4.78 is 5.44. The van der Waals surface area contributed by atoms with Crippen LogP contribution in [-0.2, 0) is 9.53 Å². The summed E-state index contributed by atoms with van der Waals surface area (Å²) in [6.45, 7) is 2.06. The maximum Gasteiger partial charge on any atom is 0.407 e. The Hall–Kier alpha value is -2.44. The average Bonchev–Trinajstić information content (AvgIpc) is 3.07. The zero-order valence-corrected chi connectivity index (χ0v) is 18.2. The van der Waals surface area contributed by atoms with Gasteiger partial charge in [0.1, 0.15) is 12.6 Å². The molecular weight excluding hydrogens is 422 g/mol. The van der Waals surface area contributed by atoms with E-state index in [0.717, 1.165) is 33.6 Å². The van der Waals surface area contributed by atoms with Crippen LogP contribution in [0.25, 0.3) is 11.1 Å². The molecule has 1 aliphatic carbocycles. The molecule has 0 heterocycles. The number of hydrogen-bond acceptors (Lipinski definition) is 4. The number of halogens is 1. The van der Waals surface area contributed by atoms with Crippen LogP contribution in [0.1, 0.15) is 30.4 Å². The number of aliphatic carboxylic acids is 1. The van der Waals surface area contributed by atoms with Crippen molar-refractivity contribution >= 4 is 35.4 Å². The number of carbonyl (C=O) groups excluding carboxylic acids is 1. The third-order valence-electron chi connectivity index (χ3n) is 5.00. The predicted octanol–water partition coefficient (Wildman–Crippen LogP) is 5.24. The lowest BCUT2D eigenvalue weighted by Crippen LogP contribution is -2.41. The standard InChI is InChI=1S/C23H24ClNO4S/c1-15(12-24)14-30-11-10-21(22(26)27)25-23(28)29-13-20-18-8-4-2-6-16(18)17-7-3-5-9-19(17)20/h2-9,12,20-21H,10-11,13-14H2,1H3,(H,25,28)(H,26,27)/b15-12-. The van der Waals surface area contributed by atoms with Gasteiger partial charge in [-0.05, 0) is 41.4 Å². The fourth-order valence-corrected chi connectivity index (χ4v) is 4.63.